The van der Waals surface area contributed by atoms with E-state index in [1.807, 2.05) is 22.9 Å². The van der Waals surface area contributed by atoms with E-state index in [4.69, 9.17) is 4.74 Å². The van der Waals surface area contributed by atoms with Gasteiger partial charge in [-0.25, -0.2) is 0 Å². The normalized spacial score (nSPS) is 32.5. The van der Waals surface area contributed by atoms with Gasteiger partial charge in [-0.3, -0.25) is 4.79 Å². The minimum atomic E-state index is 0.0828. The summed E-state index contributed by atoms with van der Waals surface area (Å²) < 4.78 is 7.17. The van der Waals surface area contributed by atoms with Gasteiger partial charge in [0.15, 0.2) is 0 Å². The van der Waals surface area contributed by atoms with Crippen LogP contribution in [0.25, 0.3) is 0 Å². The standard InChI is InChI=1S/C11H14N2O2/c1-12-9-3-2-4-13(11(9)14)10-7-5-15-6-8(7)10/h2-4,7-8,10,12H,5-6H2,1H3/t7-,8+,10?. The number of hydrogen-bond donors (Lipinski definition) is 1. The molecule has 0 bridgehead atoms. The van der Waals surface area contributed by atoms with Crippen LogP contribution in [0.5, 0.6) is 0 Å². The van der Waals surface area contributed by atoms with Crippen LogP contribution in [0.4, 0.5) is 5.69 Å². The van der Waals surface area contributed by atoms with Gasteiger partial charge in [0.05, 0.1) is 13.2 Å². The zero-order chi connectivity index (χ0) is 10.4. The van der Waals surface area contributed by atoms with Gasteiger partial charge in [0.25, 0.3) is 5.56 Å². The largest absolute Gasteiger partial charge is 0.384 e. The number of rotatable bonds is 2. The molecule has 4 heteroatoms. The second kappa shape index (κ2) is 3.10. The van der Waals surface area contributed by atoms with E-state index in [1.165, 1.54) is 0 Å². The minimum absolute atomic E-state index is 0.0828. The number of anilines is 1. The fourth-order valence-electron chi connectivity index (χ4n) is 2.56. The fraction of sp³-hybridized carbons (Fsp3) is 0.545. The predicted octanol–water partition coefficient (Wildman–Crippen LogP) is 0.707. The second-order valence-electron chi connectivity index (χ2n) is 4.24. The van der Waals surface area contributed by atoms with Crippen LogP contribution in [0.2, 0.25) is 0 Å². The van der Waals surface area contributed by atoms with Gasteiger partial charge in [-0.1, -0.05) is 0 Å². The topological polar surface area (TPSA) is 43.3 Å². The molecule has 2 aliphatic rings. The molecule has 3 atom stereocenters. The zero-order valence-corrected chi connectivity index (χ0v) is 8.64. The van der Waals surface area contributed by atoms with E-state index in [0.717, 1.165) is 13.2 Å². The fourth-order valence-corrected chi connectivity index (χ4v) is 2.56. The lowest BCUT2D eigenvalue weighted by Gasteiger charge is -2.09. The number of nitrogens with one attached hydrogen (secondary N) is 1. The second-order valence-corrected chi connectivity index (χ2v) is 4.24. The van der Waals surface area contributed by atoms with Crippen LogP contribution in [0.1, 0.15) is 6.04 Å². The first-order valence-electron chi connectivity index (χ1n) is 5.29. The van der Waals surface area contributed by atoms with Crippen LogP contribution in [-0.2, 0) is 4.74 Å². The maximum atomic E-state index is 12.0. The highest BCUT2D eigenvalue weighted by molar-refractivity contribution is 5.39. The lowest BCUT2D eigenvalue weighted by molar-refractivity contribution is 0.151. The molecule has 1 aliphatic carbocycles. The summed E-state index contributed by atoms with van der Waals surface area (Å²) in [6, 6.07) is 4.11. The first-order valence-corrected chi connectivity index (χ1v) is 5.29. The van der Waals surface area contributed by atoms with Crippen molar-refractivity contribution in [1.29, 1.82) is 0 Å². The van der Waals surface area contributed by atoms with Crippen molar-refractivity contribution < 1.29 is 4.74 Å². The van der Waals surface area contributed by atoms with Crippen LogP contribution in [0.15, 0.2) is 23.1 Å². The van der Waals surface area contributed by atoms with E-state index in [2.05, 4.69) is 5.32 Å². The van der Waals surface area contributed by atoms with E-state index >= 15 is 0 Å². The zero-order valence-electron chi connectivity index (χ0n) is 8.64. The van der Waals surface area contributed by atoms with Crippen LogP contribution in [0.3, 0.4) is 0 Å². The molecule has 80 valence electrons. The van der Waals surface area contributed by atoms with Gasteiger partial charge >= 0.3 is 0 Å². The van der Waals surface area contributed by atoms with Crippen molar-refractivity contribution in [2.24, 2.45) is 11.8 Å². The first kappa shape index (κ1) is 8.97. The van der Waals surface area contributed by atoms with Gasteiger partial charge in [0.1, 0.15) is 5.69 Å². The highest BCUT2D eigenvalue weighted by Gasteiger charge is 2.55. The van der Waals surface area contributed by atoms with E-state index in [-0.39, 0.29) is 5.56 Å². The summed E-state index contributed by atoms with van der Waals surface area (Å²) in [6.07, 6.45) is 1.88. The Hall–Kier alpha value is -1.29. The molecule has 0 aromatic carbocycles. The molecule has 2 heterocycles. The number of aromatic nitrogens is 1. The third-order valence-corrected chi connectivity index (χ3v) is 3.47. The molecule has 1 saturated heterocycles. The van der Waals surface area contributed by atoms with Crippen molar-refractivity contribution in [2.75, 3.05) is 25.6 Å². The summed E-state index contributed by atoms with van der Waals surface area (Å²) in [7, 11) is 1.78. The molecular formula is C11H14N2O2. The molecule has 15 heavy (non-hydrogen) atoms. The summed E-state index contributed by atoms with van der Waals surface area (Å²) in [5.74, 6) is 1.13. The third kappa shape index (κ3) is 1.21. The minimum Gasteiger partial charge on any atom is -0.384 e. The molecule has 1 aromatic rings. The molecule has 1 aromatic heterocycles. The van der Waals surface area contributed by atoms with Crippen LogP contribution in [-0.4, -0.2) is 24.8 Å². The molecule has 1 unspecified atom stereocenters. The number of fused-ring (bicyclic) bond motifs is 1. The van der Waals surface area contributed by atoms with Crippen molar-refractivity contribution in [3.8, 4) is 0 Å². The molecular weight excluding hydrogens is 192 g/mol. The average Bonchev–Trinajstić information content (AvgIpc) is 2.72. The quantitative estimate of drug-likeness (QED) is 0.775. The SMILES string of the molecule is CNc1cccn(C2[C@H]3COC[C@@H]23)c1=O. The number of ether oxygens (including phenoxy) is 1. The molecule has 1 saturated carbocycles. The monoisotopic (exact) mass is 206 g/mol. The Morgan fingerprint density at radius 2 is 2.20 bits per heavy atom. The van der Waals surface area contributed by atoms with Crippen molar-refractivity contribution in [3.63, 3.8) is 0 Å². The maximum absolute atomic E-state index is 12.0. The lowest BCUT2D eigenvalue weighted by Crippen LogP contribution is -2.23. The molecule has 0 amide bonds. The van der Waals surface area contributed by atoms with Gasteiger partial charge in [-0.2, -0.15) is 0 Å². The molecule has 0 radical (unpaired) electrons. The number of hydrogen-bond acceptors (Lipinski definition) is 3. The van der Waals surface area contributed by atoms with Gasteiger partial charge in [0, 0.05) is 31.1 Å². The predicted molar refractivity (Wildman–Crippen MR) is 57.1 cm³/mol. The molecule has 1 N–H and O–H groups in total. The van der Waals surface area contributed by atoms with E-state index in [0.29, 0.717) is 23.6 Å². The van der Waals surface area contributed by atoms with Gasteiger partial charge in [-0.05, 0) is 12.1 Å². The molecule has 0 spiro atoms. The summed E-state index contributed by atoms with van der Waals surface area (Å²) in [6.45, 7) is 1.62. The number of pyridine rings is 1. The first-order chi connectivity index (χ1) is 7.33. The Balaban J connectivity index is 1.96. The Kier molecular flexibility index (Phi) is 1.85. The highest BCUT2D eigenvalue weighted by atomic mass is 16.5. The molecule has 2 fully saturated rings. The van der Waals surface area contributed by atoms with Crippen LogP contribution >= 0.6 is 0 Å². The Morgan fingerprint density at radius 1 is 1.47 bits per heavy atom. The van der Waals surface area contributed by atoms with Crippen molar-refractivity contribution in [2.45, 2.75) is 6.04 Å². The van der Waals surface area contributed by atoms with E-state index < -0.39 is 0 Å². The Morgan fingerprint density at radius 3 is 2.87 bits per heavy atom. The maximum Gasteiger partial charge on any atom is 0.274 e. The van der Waals surface area contributed by atoms with Gasteiger partial charge in [-0.15, -0.1) is 0 Å². The van der Waals surface area contributed by atoms with Crippen LogP contribution < -0.4 is 10.9 Å². The van der Waals surface area contributed by atoms with Crippen molar-refractivity contribution in [1.82, 2.24) is 4.57 Å². The number of nitrogens with zero attached hydrogens (tertiary/aromatic N) is 1. The van der Waals surface area contributed by atoms with Crippen LogP contribution in [0, 0.1) is 11.8 Å². The van der Waals surface area contributed by atoms with Crippen molar-refractivity contribution in [3.05, 3.63) is 28.7 Å². The van der Waals surface area contributed by atoms with E-state index in [9.17, 15) is 4.79 Å². The smallest absolute Gasteiger partial charge is 0.274 e. The average molecular weight is 206 g/mol. The Bertz CT molecular complexity index is 430. The van der Waals surface area contributed by atoms with Gasteiger partial charge < -0.3 is 14.6 Å². The summed E-state index contributed by atoms with van der Waals surface area (Å²) in [5.41, 5.74) is 0.753. The Labute approximate surface area is 87.9 Å². The summed E-state index contributed by atoms with van der Waals surface area (Å²) >= 11 is 0. The summed E-state index contributed by atoms with van der Waals surface area (Å²) in [5, 5.41) is 2.92. The van der Waals surface area contributed by atoms with Gasteiger partial charge in [0.2, 0.25) is 0 Å². The van der Waals surface area contributed by atoms with E-state index in [1.54, 1.807) is 7.05 Å². The molecule has 4 nitrogen and oxygen atoms in total. The van der Waals surface area contributed by atoms with Crippen molar-refractivity contribution >= 4 is 5.69 Å². The highest BCUT2D eigenvalue weighted by Crippen LogP contribution is 2.53. The molecule has 3 rings (SSSR count). The summed E-state index contributed by atoms with van der Waals surface area (Å²) in [4.78, 5) is 12.0. The third-order valence-electron chi connectivity index (χ3n) is 3.47. The lowest BCUT2D eigenvalue weighted by atomic mass is 10.3. The molecule has 1 aliphatic heterocycles.